The number of nitrogens with one attached hydrogen (secondary N) is 1. The Labute approximate surface area is 116 Å². The van der Waals surface area contributed by atoms with E-state index in [-0.39, 0.29) is 0 Å². The van der Waals surface area contributed by atoms with Crippen LogP contribution in [0.15, 0.2) is 4.99 Å². The summed E-state index contributed by atoms with van der Waals surface area (Å²) in [5.41, 5.74) is 5.37. The van der Waals surface area contributed by atoms with E-state index in [9.17, 15) is 8.42 Å². The molecule has 0 atom stereocenters. The lowest BCUT2D eigenvalue weighted by Gasteiger charge is -2.25. The SMILES string of the molecule is CC(C)(CN=C(N)N1CCCCCC1)NS(C)(=O)=O. The van der Waals surface area contributed by atoms with Gasteiger partial charge in [0.05, 0.1) is 12.8 Å². The Balaban J connectivity index is 2.58. The van der Waals surface area contributed by atoms with Crippen LogP contribution in [0.4, 0.5) is 0 Å². The Morgan fingerprint density at radius 3 is 2.26 bits per heavy atom. The van der Waals surface area contributed by atoms with Crippen LogP contribution in [0.3, 0.4) is 0 Å². The van der Waals surface area contributed by atoms with E-state index in [0.717, 1.165) is 32.2 Å². The molecule has 1 saturated heterocycles. The average Bonchev–Trinajstić information content (AvgIpc) is 2.51. The molecule has 1 fully saturated rings. The van der Waals surface area contributed by atoms with Gasteiger partial charge in [-0.05, 0) is 26.7 Å². The number of rotatable bonds is 4. The summed E-state index contributed by atoms with van der Waals surface area (Å²) < 4.78 is 25.0. The van der Waals surface area contributed by atoms with Crippen molar-refractivity contribution in [1.82, 2.24) is 9.62 Å². The second-order valence-electron chi connectivity index (χ2n) is 5.83. The molecule has 0 saturated carbocycles. The fraction of sp³-hybridized carbons (Fsp3) is 0.917. The lowest BCUT2D eigenvalue weighted by molar-refractivity contribution is 0.419. The van der Waals surface area contributed by atoms with Gasteiger partial charge < -0.3 is 10.6 Å². The Hall–Kier alpha value is -0.820. The Morgan fingerprint density at radius 2 is 1.79 bits per heavy atom. The van der Waals surface area contributed by atoms with Gasteiger partial charge in [0.25, 0.3) is 0 Å². The molecule has 0 spiro atoms. The third-order valence-corrected chi connectivity index (χ3v) is 3.95. The predicted molar refractivity (Wildman–Crippen MR) is 78.6 cm³/mol. The number of aliphatic imine (C=N–C) groups is 1. The van der Waals surface area contributed by atoms with Gasteiger partial charge in [0.1, 0.15) is 0 Å². The summed E-state index contributed by atoms with van der Waals surface area (Å²) in [6, 6.07) is 0. The number of hydrogen-bond donors (Lipinski definition) is 2. The quantitative estimate of drug-likeness (QED) is 0.583. The first-order valence-electron chi connectivity index (χ1n) is 6.73. The Kier molecular flexibility index (Phi) is 5.61. The van der Waals surface area contributed by atoms with Crippen molar-refractivity contribution >= 4 is 16.0 Å². The largest absolute Gasteiger partial charge is 0.370 e. The van der Waals surface area contributed by atoms with Gasteiger partial charge in [-0.3, -0.25) is 4.99 Å². The smallest absolute Gasteiger partial charge is 0.209 e. The molecular weight excluding hydrogens is 264 g/mol. The van der Waals surface area contributed by atoms with Gasteiger partial charge in [0.15, 0.2) is 5.96 Å². The highest BCUT2D eigenvalue weighted by molar-refractivity contribution is 7.88. The van der Waals surface area contributed by atoms with Gasteiger partial charge in [-0.2, -0.15) is 0 Å². The molecular formula is C12H26N4O2S. The number of nitrogens with zero attached hydrogens (tertiary/aromatic N) is 2. The van der Waals surface area contributed by atoms with E-state index in [1.807, 2.05) is 0 Å². The summed E-state index contributed by atoms with van der Waals surface area (Å²) in [7, 11) is -3.23. The summed E-state index contributed by atoms with van der Waals surface area (Å²) >= 11 is 0. The van der Waals surface area contributed by atoms with E-state index in [1.54, 1.807) is 13.8 Å². The number of likely N-dealkylation sites (tertiary alicyclic amines) is 1. The van der Waals surface area contributed by atoms with Gasteiger partial charge in [-0.25, -0.2) is 13.1 Å². The minimum absolute atomic E-state index is 0.336. The first-order valence-corrected chi connectivity index (χ1v) is 8.63. The third kappa shape index (κ3) is 6.77. The van der Waals surface area contributed by atoms with E-state index < -0.39 is 15.6 Å². The topological polar surface area (TPSA) is 87.8 Å². The summed E-state index contributed by atoms with van der Waals surface area (Å²) in [5, 5.41) is 0. The number of hydrogen-bond acceptors (Lipinski definition) is 3. The van der Waals surface area contributed by atoms with Gasteiger partial charge >= 0.3 is 0 Å². The van der Waals surface area contributed by atoms with Crippen molar-refractivity contribution in [3.8, 4) is 0 Å². The maximum absolute atomic E-state index is 11.2. The molecule has 0 aromatic heterocycles. The minimum atomic E-state index is -3.23. The molecule has 19 heavy (non-hydrogen) atoms. The van der Waals surface area contributed by atoms with Crippen molar-refractivity contribution in [3.05, 3.63) is 0 Å². The standard InChI is InChI=1S/C12H26N4O2S/c1-12(2,15-19(3,17)18)10-14-11(13)16-8-6-4-5-7-9-16/h15H,4-10H2,1-3H3,(H2,13,14). The molecule has 0 bridgehead atoms. The summed E-state index contributed by atoms with van der Waals surface area (Å²) in [6.07, 6.45) is 5.91. The van der Waals surface area contributed by atoms with Crippen LogP contribution in [-0.2, 0) is 10.0 Å². The highest BCUT2D eigenvalue weighted by Gasteiger charge is 2.22. The second kappa shape index (κ2) is 6.56. The second-order valence-corrected chi connectivity index (χ2v) is 7.58. The summed E-state index contributed by atoms with van der Waals surface area (Å²) in [4.78, 5) is 6.43. The van der Waals surface area contributed by atoms with E-state index in [1.165, 1.54) is 12.8 Å². The van der Waals surface area contributed by atoms with E-state index in [4.69, 9.17) is 5.73 Å². The van der Waals surface area contributed by atoms with Crippen molar-refractivity contribution < 1.29 is 8.42 Å². The zero-order chi connectivity index (χ0) is 14.5. The molecule has 0 amide bonds. The van der Waals surface area contributed by atoms with Crippen molar-refractivity contribution in [2.75, 3.05) is 25.9 Å². The Bertz CT molecular complexity index is 409. The normalized spacial score (nSPS) is 19.3. The maximum atomic E-state index is 11.2. The molecule has 112 valence electrons. The van der Waals surface area contributed by atoms with Gasteiger partial charge in [-0.1, -0.05) is 12.8 Å². The molecule has 1 heterocycles. The summed E-state index contributed by atoms with van der Waals surface area (Å²) in [6.45, 7) is 5.81. The zero-order valence-electron chi connectivity index (χ0n) is 12.1. The molecule has 6 nitrogen and oxygen atoms in total. The van der Waals surface area contributed by atoms with Gasteiger partial charge in [0.2, 0.25) is 10.0 Å². The lowest BCUT2D eigenvalue weighted by atomic mass is 10.1. The van der Waals surface area contributed by atoms with Crippen LogP contribution in [0.1, 0.15) is 39.5 Å². The van der Waals surface area contributed by atoms with Crippen LogP contribution < -0.4 is 10.5 Å². The molecule has 1 aliphatic rings. The fourth-order valence-electron chi connectivity index (χ4n) is 2.21. The van der Waals surface area contributed by atoms with Gasteiger partial charge in [-0.15, -0.1) is 0 Å². The first kappa shape index (κ1) is 16.2. The molecule has 0 aliphatic carbocycles. The Morgan fingerprint density at radius 1 is 1.26 bits per heavy atom. The van der Waals surface area contributed by atoms with Crippen molar-refractivity contribution in [1.29, 1.82) is 0 Å². The first-order chi connectivity index (χ1) is 8.70. The molecule has 0 radical (unpaired) electrons. The van der Waals surface area contributed by atoms with Crippen molar-refractivity contribution in [3.63, 3.8) is 0 Å². The molecule has 0 aromatic rings. The van der Waals surface area contributed by atoms with Gasteiger partial charge in [0, 0.05) is 18.6 Å². The van der Waals surface area contributed by atoms with Crippen LogP contribution in [0.25, 0.3) is 0 Å². The minimum Gasteiger partial charge on any atom is -0.370 e. The van der Waals surface area contributed by atoms with Crippen molar-refractivity contribution in [2.45, 2.75) is 45.1 Å². The zero-order valence-corrected chi connectivity index (χ0v) is 13.0. The number of nitrogens with two attached hydrogens (primary N) is 1. The van der Waals surface area contributed by atoms with Crippen LogP contribution in [0.5, 0.6) is 0 Å². The predicted octanol–water partition coefficient (Wildman–Crippen LogP) is 0.505. The van der Waals surface area contributed by atoms with Crippen LogP contribution in [-0.4, -0.2) is 50.7 Å². The van der Waals surface area contributed by atoms with E-state index in [2.05, 4.69) is 14.6 Å². The van der Waals surface area contributed by atoms with Crippen molar-refractivity contribution in [2.24, 2.45) is 10.7 Å². The molecule has 7 heteroatoms. The molecule has 1 rings (SSSR count). The molecule has 1 aliphatic heterocycles. The highest BCUT2D eigenvalue weighted by atomic mass is 32.2. The number of sulfonamides is 1. The molecule has 3 N–H and O–H groups in total. The molecule has 0 unspecified atom stereocenters. The third-order valence-electron chi connectivity index (χ3n) is 3.03. The number of guanidine groups is 1. The highest BCUT2D eigenvalue weighted by Crippen LogP contribution is 2.10. The summed E-state index contributed by atoms with van der Waals surface area (Å²) in [5.74, 6) is 0.519. The van der Waals surface area contributed by atoms with E-state index in [0.29, 0.717) is 12.5 Å². The van der Waals surface area contributed by atoms with Crippen LogP contribution in [0, 0.1) is 0 Å². The molecule has 0 aromatic carbocycles. The van der Waals surface area contributed by atoms with E-state index >= 15 is 0 Å². The van der Waals surface area contributed by atoms with Crippen LogP contribution in [0.2, 0.25) is 0 Å². The lowest BCUT2D eigenvalue weighted by Crippen LogP contribution is -2.46. The fourth-order valence-corrected chi connectivity index (χ4v) is 3.28. The maximum Gasteiger partial charge on any atom is 0.209 e. The average molecular weight is 290 g/mol. The monoisotopic (exact) mass is 290 g/mol. The van der Waals surface area contributed by atoms with Crippen LogP contribution >= 0.6 is 0 Å².